The Bertz CT molecular complexity index is 406. The molecule has 2 rings (SSSR count). The van der Waals surface area contributed by atoms with Crippen LogP contribution in [0.15, 0.2) is 24.3 Å². The number of benzene rings is 1. The highest BCUT2D eigenvalue weighted by Gasteiger charge is 2.32. The second-order valence-corrected chi connectivity index (χ2v) is 5.74. The molecule has 18 heavy (non-hydrogen) atoms. The highest BCUT2D eigenvalue weighted by molar-refractivity contribution is 5.70. The quantitative estimate of drug-likeness (QED) is 0.876. The third-order valence-corrected chi connectivity index (χ3v) is 4.12. The first-order chi connectivity index (χ1) is 8.58. The van der Waals surface area contributed by atoms with Crippen molar-refractivity contribution < 1.29 is 9.90 Å². The van der Waals surface area contributed by atoms with Gasteiger partial charge in [0.2, 0.25) is 0 Å². The first-order valence-corrected chi connectivity index (χ1v) is 6.89. The minimum atomic E-state index is -0.615. The van der Waals surface area contributed by atoms with Crippen molar-refractivity contribution in [1.82, 2.24) is 0 Å². The summed E-state index contributed by atoms with van der Waals surface area (Å²) in [7, 11) is 0. The summed E-state index contributed by atoms with van der Waals surface area (Å²) < 4.78 is 0. The predicted octanol–water partition coefficient (Wildman–Crippen LogP) is 3.85. The standard InChI is InChI=1S/C16H22O2/c1-11(2)13-8-6-12(7-9-13)10-14-4-3-5-15(14)16(17)18/h6-9,11,14-15H,3-5,10H2,1-2H3,(H,17,18). The normalized spacial score (nSPS) is 23.5. The molecule has 0 saturated heterocycles. The molecule has 2 nitrogen and oxygen atoms in total. The topological polar surface area (TPSA) is 37.3 Å². The molecule has 0 bridgehead atoms. The van der Waals surface area contributed by atoms with E-state index in [4.69, 9.17) is 0 Å². The van der Waals surface area contributed by atoms with Gasteiger partial charge < -0.3 is 5.11 Å². The summed E-state index contributed by atoms with van der Waals surface area (Å²) >= 11 is 0. The first kappa shape index (κ1) is 13.1. The Hall–Kier alpha value is -1.31. The van der Waals surface area contributed by atoms with Gasteiger partial charge in [-0.25, -0.2) is 0 Å². The van der Waals surface area contributed by atoms with Gasteiger partial charge in [0.15, 0.2) is 0 Å². The van der Waals surface area contributed by atoms with E-state index in [1.807, 2.05) is 0 Å². The number of aliphatic carboxylic acids is 1. The molecule has 1 aromatic rings. The van der Waals surface area contributed by atoms with Crippen molar-refractivity contribution in [1.29, 1.82) is 0 Å². The van der Waals surface area contributed by atoms with Gasteiger partial charge in [-0.1, -0.05) is 44.5 Å². The summed E-state index contributed by atoms with van der Waals surface area (Å²) in [6.45, 7) is 4.37. The van der Waals surface area contributed by atoms with Crippen LogP contribution < -0.4 is 0 Å². The van der Waals surface area contributed by atoms with E-state index in [2.05, 4.69) is 38.1 Å². The van der Waals surface area contributed by atoms with E-state index >= 15 is 0 Å². The van der Waals surface area contributed by atoms with Gasteiger partial charge in [0.05, 0.1) is 5.92 Å². The average molecular weight is 246 g/mol. The van der Waals surface area contributed by atoms with Crippen molar-refractivity contribution in [3.05, 3.63) is 35.4 Å². The van der Waals surface area contributed by atoms with E-state index in [0.717, 1.165) is 25.7 Å². The molecule has 0 amide bonds. The fourth-order valence-corrected chi connectivity index (χ4v) is 2.95. The molecule has 1 aliphatic carbocycles. The van der Waals surface area contributed by atoms with Crippen molar-refractivity contribution in [3.63, 3.8) is 0 Å². The molecule has 1 saturated carbocycles. The number of carboxylic acids is 1. The van der Waals surface area contributed by atoms with E-state index in [0.29, 0.717) is 11.8 Å². The number of rotatable bonds is 4. The molecule has 0 aromatic heterocycles. The lowest BCUT2D eigenvalue weighted by Gasteiger charge is -2.16. The zero-order valence-corrected chi connectivity index (χ0v) is 11.2. The molecule has 2 heteroatoms. The van der Waals surface area contributed by atoms with Crippen molar-refractivity contribution in [2.24, 2.45) is 11.8 Å². The Morgan fingerprint density at radius 1 is 1.28 bits per heavy atom. The summed E-state index contributed by atoms with van der Waals surface area (Å²) in [5.41, 5.74) is 2.62. The van der Waals surface area contributed by atoms with Gasteiger partial charge in [-0.15, -0.1) is 0 Å². The molecule has 0 spiro atoms. The predicted molar refractivity (Wildman–Crippen MR) is 72.7 cm³/mol. The van der Waals surface area contributed by atoms with Gasteiger partial charge in [0.1, 0.15) is 0 Å². The summed E-state index contributed by atoms with van der Waals surface area (Å²) in [5, 5.41) is 9.18. The van der Waals surface area contributed by atoms with E-state index in [1.54, 1.807) is 0 Å². The van der Waals surface area contributed by atoms with Crippen LogP contribution in [0.4, 0.5) is 0 Å². The Labute approximate surface area is 109 Å². The Morgan fingerprint density at radius 2 is 1.94 bits per heavy atom. The highest BCUT2D eigenvalue weighted by atomic mass is 16.4. The smallest absolute Gasteiger partial charge is 0.306 e. The average Bonchev–Trinajstić information content (AvgIpc) is 2.78. The fraction of sp³-hybridized carbons (Fsp3) is 0.562. The molecular formula is C16H22O2. The Morgan fingerprint density at radius 3 is 2.50 bits per heavy atom. The van der Waals surface area contributed by atoms with Crippen LogP contribution in [0.3, 0.4) is 0 Å². The van der Waals surface area contributed by atoms with Crippen molar-refractivity contribution >= 4 is 5.97 Å². The van der Waals surface area contributed by atoms with Crippen molar-refractivity contribution in [2.45, 2.75) is 45.4 Å². The third-order valence-electron chi connectivity index (χ3n) is 4.12. The molecule has 0 heterocycles. The maximum atomic E-state index is 11.1. The molecule has 0 aliphatic heterocycles. The molecule has 0 radical (unpaired) electrons. The molecule has 2 unspecified atom stereocenters. The van der Waals surface area contributed by atoms with Gasteiger partial charge in [-0.3, -0.25) is 4.79 Å². The lowest BCUT2D eigenvalue weighted by atomic mass is 9.89. The maximum Gasteiger partial charge on any atom is 0.306 e. The lowest BCUT2D eigenvalue weighted by Crippen LogP contribution is -2.19. The second-order valence-electron chi connectivity index (χ2n) is 5.74. The number of hydrogen-bond donors (Lipinski definition) is 1. The Balaban J connectivity index is 2.03. The number of carboxylic acid groups (broad SMARTS) is 1. The summed E-state index contributed by atoms with van der Waals surface area (Å²) in [4.78, 5) is 11.1. The zero-order chi connectivity index (χ0) is 13.1. The van der Waals surface area contributed by atoms with Crippen LogP contribution in [0.2, 0.25) is 0 Å². The van der Waals surface area contributed by atoms with Crippen LogP contribution >= 0.6 is 0 Å². The van der Waals surface area contributed by atoms with Crippen LogP contribution in [-0.2, 0) is 11.2 Å². The highest BCUT2D eigenvalue weighted by Crippen LogP contribution is 2.34. The van der Waals surface area contributed by atoms with Crippen LogP contribution in [0.5, 0.6) is 0 Å². The van der Waals surface area contributed by atoms with E-state index in [1.165, 1.54) is 11.1 Å². The maximum absolute atomic E-state index is 11.1. The van der Waals surface area contributed by atoms with Gasteiger partial charge in [0, 0.05) is 0 Å². The minimum absolute atomic E-state index is 0.130. The third kappa shape index (κ3) is 2.92. The van der Waals surface area contributed by atoms with Gasteiger partial charge in [-0.05, 0) is 42.2 Å². The molecule has 1 N–H and O–H groups in total. The largest absolute Gasteiger partial charge is 0.481 e. The number of hydrogen-bond acceptors (Lipinski definition) is 1. The minimum Gasteiger partial charge on any atom is -0.481 e. The van der Waals surface area contributed by atoms with Crippen LogP contribution in [0, 0.1) is 11.8 Å². The van der Waals surface area contributed by atoms with Crippen molar-refractivity contribution in [3.8, 4) is 0 Å². The molecule has 1 aromatic carbocycles. The van der Waals surface area contributed by atoms with E-state index < -0.39 is 5.97 Å². The first-order valence-electron chi connectivity index (χ1n) is 6.89. The summed E-state index contributed by atoms with van der Waals surface area (Å²) in [5.74, 6) is 0.135. The lowest BCUT2D eigenvalue weighted by molar-refractivity contribution is -0.142. The molecular weight excluding hydrogens is 224 g/mol. The van der Waals surface area contributed by atoms with Crippen LogP contribution in [-0.4, -0.2) is 11.1 Å². The van der Waals surface area contributed by atoms with Gasteiger partial charge >= 0.3 is 5.97 Å². The molecule has 98 valence electrons. The van der Waals surface area contributed by atoms with Gasteiger partial charge in [-0.2, -0.15) is 0 Å². The Kier molecular flexibility index (Phi) is 4.05. The zero-order valence-electron chi connectivity index (χ0n) is 11.2. The molecule has 1 fully saturated rings. The van der Waals surface area contributed by atoms with E-state index in [9.17, 15) is 9.90 Å². The fourth-order valence-electron chi connectivity index (χ4n) is 2.95. The number of carbonyl (C=O) groups is 1. The SMILES string of the molecule is CC(C)c1ccc(CC2CCCC2C(=O)O)cc1. The summed E-state index contributed by atoms with van der Waals surface area (Å²) in [6, 6.07) is 8.66. The van der Waals surface area contributed by atoms with Crippen LogP contribution in [0.1, 0.15) is 50.2 Å². The second kappa shape index (κ2) is 5.55. The molecule has 2 atom stereocenters. The van der Waals surface area contributed by atoms with E-state index in [-0.39, 0.29) is 5.92 Å². The summed E-state index contributed by atoms with van der Waals surface area (Å²) in [6.07, 6.45) is 3.88. The van der Waals surface area contributed by atoms with Crippen LogP contribution in [0.25, 0.3) is 0 Å². The van der Waals surface area contributed by atoms with Gasteiger partial charge in [0.25, 0.3) is 0 Å². The monoisotopic (exact) mass is 246 g/mol. The molecule has 1 aliphatic rings. The van der Waals surface area contributed by atoms with Crippen molar-refractivity contribution in [2.75, 3.05) is 0 Å².